The van der Waals surface area contributed by atoms with Gasteiger partial charge in [-0.15, -0.1) is 0 Å². The van der Waals surface area contributed by atoms with Crippen LogP contribution in [-0.2, 0) is 42.5 Å². The molecule has 53 heavy (non-hydrogen) atoms. The number of aromatic nitrogens is 2. The van der Waals surface area contributed by atoms with E-state index in [0.29, 0.717) is 30.1 Å². The van der Waals surface area contributed by atoms with Gasteiger partial charge >= 0.3 is 5.97 Å². The highest BCUT2D eigenvalue weighted by Crippen LogP contribution is 2.45. The standard InChI is InChI=1S/C38H42Cl2FN5O7/c1-20(18-47)46-14-13-29-27(17-46)43-36(45(29)2)37(48)44-26-10-6-9-24(33(26)39)21-7-5-8-23-22(21)11-12-30(23)53-32-15-31(52-4)25(35(41)34(32)40)16-42-28(19-51-3)38(49)50/h5-10,15,20,28,30,42,47H,11-14,16-19H2,1-4H3,(H,44,48)(H,49,50). The number of anilines is 1. The first-order chi connectivity index (χ1) is 25.5. The van der Waals surface area contributed by atoms with E-state index in [2.05, 4.69) is 20.5 Å². The molecule has 0 saturated heterocycles. The van der Waals surface area contributed by atoms with E-state index in [0.717, 1.165) is 46.6 Å². The molecule has 1 aliphatic carbocycles. The van der Waals surface area contributed by atoms with E-state index in [4.69, 9.17) is 37.4 Å². The summed E-state index contributed by atoms with van der Waals surface area (Å²) in [6, 6.07) is 11.7. The Bertz CT molecular complexity index is 2030. The first kappa shape index (κ1) is 38.5. The minimum atomic E-state index is -1.14. The Morgan fingerprint density at radius 2 is 1.85 bits per heavy atom. The van der Waals surface area contributed by atoms with Crippen LogP contribution in [0.25, 0.3) is 11.1 Å². The number of halogens is 3. The van der Waals surface area contributed by atoms with Crippen LogP contribution in [0.1, 0.15) is 58.1 Å². The fourth-order valence-electron chi connectivity index (χ4n) is 7.06. The number of aliphatic hydroxyl groups is 1. The maximum Gasteiger partial charge on any atom is 0.323 e. The summed E-state index contributed by atoms with van der Waals surface area (Å²) in [7, 11) is 4.59. The Balaban J connectivity index is 1.21. The number of nitrogens with one attached hydrogen (secondary N) is 2. The minimum Gasteiger partial charge on any atom is -0.496 e. The topological polar surface area (TPSA) is 147 Å². The third-order valence-electron chi connectivity index (χ3n) is 10.0. The lowest BCUT2D eigenvalue weighted by molar-refractivity contribution is -0.140. The van der Waals surface area contributed by atoms with Gasteiger partial charge < -0.3 is 34.3 Å². The number of fused-ring (bicyclic) bond motifs is 2. The van der Waals surface area contributed by atoms with E-state index in [1.54, 1.807) is 6.07 Å². The number of methoxy groups -OCH3 is 2. The molecular weight excluding hydrogens is 728 g/mol. The molecule has 282 valence electrons. The van der Waals surface area contributed by atoms with E-state index in [9.17, 15) is 19.8 Å². The summed E-state index contributed by atoms with van der Waals surface area (Å²) in [6.45, 7) is 3.06. The van der Waals surface area contributed by atoms with Gasteiger partial charge in [-0.1, -0.05) is 53.5 Å². The quantitative estimate of drug-likeness (QED) is 0.124. The number of amides is 1. The molecule has 2 aliphatic rings. The number of carboxylic acids is 1. The van der Waals surface area contributed by atoms with Crippen molar-refractivity contribution < 1.29 is 38.4 Å². The normalized spacial score (nSPS) is 16.5. The smallest absolute Gasteiger partial charge is 0.323 e. The summed E-state index contributed by atoms with van der Waals surface area (Å²) >= 11 is 13.5. The van der Waals surface area contributed by atoms with Crippen LogP contribution in [-0.4, -0.2) is 82.6 Å². The second-order valence-corrected chi connectivity index (χ2v) is 13.9. The molecule has 0 bridgehead atoms. The van der Waals surface area contributed by atoms with Gasteiger partial charge in [-0.3, -0.25) is 19.8 Å². The van der Waals surface area contributed by atoms with E-state index in [1.165, 1.54) is 20.3 Å². The van der Waals surface area contributed by atoms with Crippen molar-refractivity contribution in [1.82, 2.24) is 19.8 Å². The van der Waals surface area contributed by atoms with Crippen molar-refractivity contribution in [2.24, 2.45) is 7.05 Å². The highest BCUT2D eigenvalue weighted by molar-refractivity contribution is 6.36. The van der Waals surface area contributed by atoms with Gasteiger partial charge in [0.2, 0.25) is 0 Å². The Kier molecular flexibility index (Phi) is 11.9. The van der Waals surface area contributed by atoms with Crippen molar-refractivity contribution in [3.63, 3.8) is 0 Å². The van der Waals surface area contributed by atoms with Crippen LogP contribution in [0, 0.1) is 5.82 Å². The van der Waals surface area contributed by atoms with Gasteiger partial charge in [0.05, 0.1) is 36.7 Å². The van der Waals surface area contributed by atoms with E-state index >= 15 is 4.39 Å². The maximum atomic E-state index is 15.7. The summed E-state index contributed by atoms with van der Waals surface area (Å²) < 4.78 is 34.2. The Labute approximate surface area is 316 Å². The molecule has 1 amide bonds. The summed E-state index contributed by atoms with van der Waals surface area (Å²) in [5.74, 6) is -1.78. The van der Waals surface area contributed by atoms with Crippen LogP contribution >= 0.6 is 23.2 Å². The summed E-state index contributed by atoms with van der Waals surface area (Å²) in [5, 5.41) is 24.9. The summed E-state index contributed by atoms with van der Waals surface area (Å²) in [4.78, 5) is 31.9. The first-order valence-corrected chi connectivity index (χ1v) is 18.0. The number of benzene rings is 3. The molecule has 15 heteroatoms. The van der Waals surface area contributed by atoms with E-state index in [-0.39, 0.29) is 59.6 Å². The lowest BCUT2D eigenvalue weighted by Gasteiger charge is -2.30. The number of imidazole rings is 1. The van der Waals surface area contributed by atoms with Gasteiger partial charge in [0, 0.05) is 69.1 Å². The van der Waals surface area contributed by atoms with Gasteiger partial charge in [0.25, 0.3) is 5.91 Å². The van der Waals surface area contributed by atoms with Crippen LogP contribution < -0.4 is 20.1 Å². The van der Waals surface area contributed by atoms with Crippen LogP contribution in [0.4, 0.5) is 10.1 Å². The summed E-state index contributed by atoms with van der Waals surface area (Å²) in [5.41, 5.74) is 5.81. The predicted octanol–water partition coefficient (Wildman–Crippen LogP) is 5.79. The maximum absolute atomic E-state index is 15.7. The van der Waals surface area contributed by atoms with Gasteiger partial charge in [0.15, 0.2) is 11.6 Å². The fraction of sp³-hybridized carbons (Fsp3) is 0.395. The molecule has 0 spiro atoms. The number of carbonyl (C=O) groups excluding carboxylic acids is 1. The van der Waals surface area contributed by atoms with Crippen LogP contribution in [0.5, 0.6) is 11.5 Å². The van der Waals surface area contributed by atoms with Crippen molar-refractivity contribution in [3.8, 4) is 22.6 Å². The number of ether oxygens (including phenoxy) is 3. The molecule has 6 rings (SSSR count). The van der Waals surface area contributed by atoms with Crippen LogP contribution in [0.3, 0.4) is 0 Å². The third-order valence-corrected chi connectivity index (χ3v) is 10.8. The molecule has 2 heterocycles. The number of aliphatic hydroxyl groups excluding tert-OH is 1. The largest absolute Gasteiger partial charge is 0.496 e. The van der Waals surface area contributed by atoms with Crippen molar-refractivity contribution >= 4 is 40.8 Å². The molecule has 3 atom stereocenters. The minimum absolute atomic E-state index is 0.00260. The molecule has 1 aliphatic heterocycles. The number of aliphatic carboxylic acids is 1. The number of rotatable bonds is 14. The lowest BCUT2D eigenvalue weighted by Crippen LogP contribution is -2.40. The van der Waals surface area contributed by atoms with Gasteiger partial charge in [0.1, 0.15) is 28.7 Å². The molecule has 4 N–H and O–H groups in total. The molecule has 4 aromatic rings. The Morgan fingerprint density at radius 1 is 1.09 bits per heavy atom. The summed E-state index contributed by atoms with van der Waals surface area (Å²) in [6.07, 6.45) is 1.49. The molecule has 0 radical (unpaired) electrons. The van der Waals surface area contributed by atoms with Crippen molar-refractivity contribution in [2.75, 3.05) is 39.3 Å². The average molecular weight is 771 g/mol. The van der Waals surface area contributed by atoms with Crippen molar-refractivity contribution in [1.29, 1.82) is 0 Å². The highest BCUT2D eigenvalue weighted by atomic mass is 35.5. The lowest BCUT2D eigenvalue weighted by atomic mass is 9.96. The molecule has 0 saturated carbocycles. The van der Waals surface area contributed by atoms with Gasteiger partial charge in [-0.05, 0) is 42.5 Å². The third kappa shape index (κ3) is 7.73. The number of carboxylic acid groups (broad SMARTS) is 1. The Hall–Kier alpha value is -4.24. The molecule has 1 aromatic heterocycles. The average Bonchev–Trinajstić information content (AvgIpc) is 3.72. The zero-order valence-electron chi connectivity index (χ0n) is 29.8. The predicted molar refractivity (Wildman–Crippen MR) is 199 cm³/mol. The van der Waals surface area contributed by atoms with Crippen molar-refractivity contribution in [3.05, 3.63) is 92.2 Å². The highest BCUT2D eigenvalue weighted by Gasteiger charge is 2.31. The number of carbonyl (C=O) groups is 2. The SMILES string of the molecule is COCC(NCc1c(OC)cc(OC2CCc3c(-c4cccc(NC(=O)c5nc6c(n5C)CCN(C(C)CO)C6)c4Cl)cccc32)c(Cl)c1F)C(=O)O. The first-order valence-electron chi connectivity index (χ1n) is 17.2. The second kappa shape index (κ2) is 16.4. The van der Waals surface area contributed by atoms with Gasteiger partial charge in [-0.25, -0.2) is 9.37 Å². The molecule has 0 fully saturated rings. The van der Waals surface area contributed by atoms with Crippen LogP contribution in [0.2, 0.25) is 10.0 Å². The zero-order chi connectivity index (χ0) is 38.0. The second-order valence-electron chi connectivity index (χ2n) is 13.2. The van der Waals surface area contributed by atoms with Crippen LogP contribution in [0.15, 0.2) is 42.5 Å². The fourth-order valence-corrected chi connectivity index (χ4v) is 7.55. The van der Waals surface area contributed by atoms with Gasteiger partial charge in [-0.2, -0.15) is 0 Å². The molecule has 12 nitrogen and oxygen atoms in total. The number of hydrogen-bond acceptors (Lipinski definition) is 9. The zero-order valence-corrected chi connectivity index (χ0v) is 31.4. The van der Waals surface area contributed by atoms with Crippen molar-refractivity contribution in [2.45, 2.75) is 57.5 Å². The number of hydrogen-bond donors (Lipinski definition) is 4. The molecule has 3 aromatic carbocycles. The van der Waals surface area contributed by atoms with E-state index < -0.39 is 23.9 Å². The number of nitrogens with zero attached hydrogens (tertiary/aromatic N) is 3. The van der Waals surface area contributed by atoms with E-state index in [1.807, 2.05) is 48.9 Å². The molecular formula is C38H42Cl2FN5O7. The molecule has 3 unspecified atom stereocenters. The Morgan fingerprint density at radius 3 is 2.57 bits per heavy atom. The monoisotopic (exact) mass is 769 g/mol.